The number of hydrogen-bond donors (Lipinski definition) is 0. The molecule has 0 aliphatic carbocycles. The molecule has 0 unspecified atom stereocenters. The van der Waals surface area contributed by atoms with Crippen LogP contribution in [-0.4, -0.2) is 12.1 Å². The van der Waals surface area contributed by atoms with Gasteiger partial charge in [-0.05, 0) is 41.5 Å². The molecule has 0 bridgehead atoms. The zero-order valence-electron chi connectivity index (χ0n) is 13.7. The molecule has 126 valence electrons. The van der Waals surface area contributed by atoms with Gasteiger partial charge in [0.15, 0.2) is 0 Å². The summed E-state index contributed by atoms with van der Waals surface area (Å²) in [5.74, 6) is 1.40. The SMILES string of the molecule is COc1ccc(COc2coc(C=Cc3cccnc3)cc2=O)cc1. The molecule has 0 saturated heterocycles. The van der Waals surface area contributed by atoms with E-state index >= 15 is 0 Å². The first-order valence-electron chi connectivity index (χ1n) is 7.71. The fraction of sp³-hybridized carbons (Fsp3) is 0.100. The van der Waals surface area contributed by atoms with Crippen LogP contribution in [0.2, 0.25) is 0 Å². The molecule has 0 N–H and O–H groups in total. The lowest BCUT2D eigenvalue weighted by Gasteiger charge is -2.06. The van der Waals surface area contributed by atoms with Gasteiger partial charge in [0.2, 0.25) is 11.2 Å². The molecule has 0 spiro atoms. The minimum atomic E-state index is -0.231. The average molecular weight is 335 g/mol. The minimum Gasteiger partial charge on any atom is -0.497 e. The second-order valence-corrected chi connectivity index (χ2v) is 5.27. The van der Waals surface area contributed by atoms with Gasteiger partial charge in [-0.1, -0.05) is 18.2 Å². The van der Waals surface area contributed by atoms with Gasteiger partial charge in [-0.25, -0.2) is 0 Å². The third-order valence-electron chi connectivity index (χ3n) is 3.50. The Morgan fingerprint density at radius 3 is 2.68 bits per heavy atom. The van der Waals surface area contributed by atoms with E-state index in [9.17, 15) is 4.79 Å². The second-order valence-electron chi connectivity index (χ2n) is 5.27. The average Bonchev–Trinajstić information content (AvgIpc) is 2.67. The molecular weight excluding hydrogens is 318 g/mol. The van der Waals surface area contributed by atoms with Crippen molar-refractivity contribution in [1.82, 2.24) is 4.98 Å². The molecule has 3 rings (SSSR count). The van der Waals surface area contributed by atoms with Crippen LogP contribution in [0, 0.1) is 0 Å². The number of hydrogen-bond acceptors (Lipinski definition) is 5. The molecule has 0 aliphatic heterocycles. The fourth-order valence-electron chi connectivity index (χ4n) is 2.14. The summed E-state index contributed by atoms with van der Waals surface area (Å²) in [4.78, 5) is 16.1. The van der Waals surface area contributed by atoms with E-state index in [1.54, 1.807) is 25.6 Å². The monoisotopic (exact) mass is 335 g/mol. The first kappa shape index (κ1) is 16.5. The van der Waals surface area contributed by atoms with Gasteiger partial charge in [-0.15, -0.1) is 0 Å². The highest BCUT2D eigenvalue weighted by Gasteiger charge is 2.04. The summed E-state index contributed by atoms with van der Waals surface area (Å²) >= 11 is 0. The van der Waals surface area contributed by atoms with Crippen molar-refractivity contribution in [3.63, 3.8) is 0 Å². The Morgan fingerprint density at radius 2 is 2.00 bits per heavy atom. The quantitative estimate of drug-likeness (QED) is 0.686. The summed E-state index contributed by atoms with van der Waals surface area (Å²) in [5, 5.41) is 0. The lowest BCUT2D eigenvalue weighted by atomic mass is 10.2. The van der Waals surface area contributed by atoms with E-state index in [-0.39, 0.29) is 17.8 Å². The summed E-state index contributed by atoms with van der Waals surface area (Å²) < 4.78 is 16.1. The molecule has 0 aliphatic rings. The van der Waals surface area contributed by atoms with Crippen LogP contribution in [0.3, 0.4) is 0 Å². The van der Waals surface area contributed by atoms with E-state index in [1.807, 2.05) is 42.5 Å². The summed E-state index contributed by atoms with van der Waals surface area (Å²) in [6.45, 7) is 0.277. The first-order chi connectivity index (χ1) is 12.2. The van der Waals surface area contributed by atoms with Gasteiger partial charge in [0.25, 0.3) is 0 Å². The van der Waals surface area contributed by atoms with Crippen molar-refractivity contribution in [3.8, 4) is 11.5 Å². The molecule has 3 aromatic rings. The van der Waals surface area contributed by atoms with E-state index in [0.717, 1.165) is 16.9 Å². The van der Waals surface area contributed by atoms with Crippen molar-refractivity contribution in [1.29, 1.82) is 0 Å². The molecule has 1 aromatic carbocycles. The normalized spacial score (nSPS) is 10.8. The zero-order valence-corrected chi connectivity index (χ0v) is 13.7. The maximum atomic E-state index is 12.1. The number of nitrogens with zero attached hydrogens (tertiary/aromatic N) is 1. The molecule has 0 fully saturated rings. The maximum absolute atomic E-state index is 12.1. The van der Waals surface area contributed by atoms with Crippen molar-refractivity contribution >= 4 is 12.2 Å². The zero-order chi connectivity index (χ0) is 17.5. The fourth-order valence-corrected chi connectivity index (χ4v) is 2.14. The van der Waals surface area contributed by atoms with Crippen molar-refractivity contribution in [3.05, 3.63) is 88.2 Å². The third-order valence-corrected chi connectivity index (χ3v) is 3.50. The number of rotatable bonds is 6. The molecule has 0 amide bonds. The van der Waals surface area contributed by atoms with Gasteiger partial charge in [0, 0.05) is 18.5 Å². The van der Waals surface area contributed by atoms with E-state index < -0.39 is 0 Å². The molecule has 2 aromatic heterocycles. The number of benzene rings is 1. The summed E-state index contributed by atoms with van der Waals surface area (Å²) in [6.07, 6.45) is 8.29. The summed E-state index contributed by atoms with van der Waals surface area (Å²) in [6, 6.07) is 12.6. The Hall–Kier alpha value is -3.34. The Bertz CT molecular complexity index is 899. The van der Waals surface area contributed by atoms with Gasteiger partial charge in [-0.2, -0.15) is 0 Å². The van der Waals surface area contributed by atoms with Gasteiger partial charge >= 0.3 is 0 Å². The lowest BCUT2D eigenvalue weighted by molar-refractivity contribution is 0.291. The molecular formula is C20H17NO4. The third kappa shape index (κ3) is 4.57. The lowest BCUT2D eigenvalue weighted by Crippen LogP contribution is -2.07. The van der Waals surface area contributed by atoms with Crippen LogP contribution in [0.1, 0.15) is 16.9 Å². The summed E-state index contributed by atoms with van der Waals surface area (Å²) in [7, 11) is 1.61. The van der Waals surface area contributed by atoms with Crippen LogP contribution < -0.4 is 14.9 Å². The number of aromatic nitrogens is 1. The molecule has 25 heavy (non-hydrogen) atoms. The van der Waals surface area contributed by atoms with Crippen molar-refractivity contribution in [2.24, 2.45) is 0 Å². The van der Waals surface area contributed by atoms with Gasteiger partial charge in [-0.3, -0.25) is 9.78 Å². The Balaban J connectivity index is 1.65. The van der Waals surface area contributed by atoms with Crippen molar-refractivity contribution in [2.75, 3.05) is 7.11 Å². The molecule has 5 heteroatoms. The Labute approximate surface area is 145 Å². The smallest absolute Gasteiger partial charge is 0.227 e. The highest BCUT2D eigenvalue weighted by molar-refractivity contribution is 5.66. The standard InChI is InChI=1S/C20H17NO4/c1-23-17-7-5-16(6-8-17)13-25-20-14-24-18(11-19(20)22)9-4-15-3-2-10-21-12-15/h2-12,14H,13H2,1H3. The topological polar surface area (TPSA) is 61.6 Å². The highest BCUT2D eigenvalue weighted by Crippen LogP contribution is 2.14. The van der Waals surface area contributed by atoms with E-state index in [4.69, 9.17) is 13.9 Å². The predicted molar refractivity (Wildman–Crippen MR) is 95.5 cm³/mol. The maximum Gasteiger partial charge on any atom is 0.227 e. The van der Waals surface area contributed by atoms with E-state index in [2.05, 4.69) is 4.98 Å². The van der Waals surface area contributed by atoms with Crippen LogP contribution in [-0.2, 0) is 6.61 Å². The largest absolute Gasteiger partial charge is 0.497 e. The molecule has 5 nitrogen and oxygen atoms in total. The first-order valence-corrected chi connectivity index (χ1v) is 7.71. The van der Waals surface area contributed by atoms with E-state index in [1.165, 1.54) is 12.3 Å². The minimum absolute atomic E-state index is 0.175. The molecule has 0 saturated carbocycles. The summed E-state index contributed by atoms with van der Waals surface area (Å²) in [5.41, 5.74) is 1.62. The second kappa shape index (κ2) is 7.97. The highest BCUT2D eigenvalue weighted by atomic mass is 16.5. The number of pyridine rings is 1. The molecule has 0 radical (unpaired) electrons. The van der Waals surface area contributed by atoms with Gasteiger partial charge in [0.05, 0.1) is 7.11 Å². The number of ether oxygens (including phenoxy) is 2. The van der Waals surface area contributed by atoms with Crippen LogP contribution in [0.15, 0.2) is 70.3 Å². The van der Waals surface area contributed by atoms with Gasteiger partial charge in [0.1, 0.15) is 24.4 Å². The van der Waals surface area contributed by atoms with Gasteiger partial charge < -0.3 is 13.9 Å². The molecule has 2 heterocycles. The Kier molecular flexibility index (Phi) is 5.26. The predicted octanol–water partition coefficient (Wildman–Crippen LogP) is 3.79. The number of methoxy groups -OCH3 is 1. The molecule has 0 atom stereocenters. The van der Waals surface area contributed by atoms with E-state index in [0.29, 0.717) is 5.76 Å². The van der Waals surface area contributed by atoms with Crippen molar-refractivity contribution < 1.29 is 13.9 Å². The van der Waals surface area contributed by atoms with Crippen LogP contribution in [0.4, 0.5) is 0 Å². The van der Waals surface area contributed by atoms with Crippen LogP contribution >= 0.6 is 0 Å². The van der Waals surface area contributed by atoms with Crippen LogP contribution in [0.5, 0.6) is 11.5 Å². The Morgan fingerprint density at radius 1 is 1.16 bits per heavy atom. The van der Waals surface area contributed by atoms with Crippen molar-refractivity contribution in [2.45, 2.75) is 6.61 Å². The van der Waals surface area contributed by atoms with Crippen LogP contribution in [0.25, 0.3) is 12.2 Å².